The zero-order valence-corrected chi connectivity index (χ0v) is 10.2. The Morgan fingerprint density at radius 3 is 2.72 bits per heavy atom. The van der Waals surface area contributed by atoms with Crippen LogP contribution in [0.4, 0.5) is 10.1 Å². The molecule has 9 heteroatoms. The molecule has 1 aromatic rings. The third kappa shape index (κ3) is 3.22. The first-order valence-electron chi connectivity index (χ1n) is 4.81. The fourth-order valence-electron chi connectivity index (χ4n) is 1.25. The van der Waals surface area contributed by atoms with Gasteiger partial charge in [-0.05, 0) is 12.1 Å². The van der Waals surface area contributed by atoms with Crippen LogP contribution in [0.25, 0.3) is 0 Å². The van der Waals surface area contributed by atoms with Crippen molar-refractivity contribution in [3.05, 3.63) is 34.1 Å². The van der Waals surface area contributed by atoms with Crippen LogP contribution >= 0.6 is 0 Å². The molecular weight excluding hydrogens is 267 g/mol. The fraction of sp³-hybridized carbons (Fsp3) is 0.333. The van der Waals surface area contributed by atoms with E-state index in [1.54, 1.807) is 0 Å². The molecule has 0 aromatic heterocycles. The summed E-state index contributed by atoms with van der Waals surface area (Å²) >= 11 is 0. The minimum absolute atomic E-state index is 0.0630. The standard InChI is InChI=1S/C9H11FN2O5S/c1-17-6-5-11-18(15,16)8-4-2-3-7(10)9(8)12(13)14/h2-4,11H,5-6H2,1H3. The van der Waals surface area contributed by atoms with Gasteiger partial charge in [0.15, 0.2) is 4.90 Å². The molecule has 0 bridgehead atoms. The second kappa shape index (κ2) is 5.85. The van der Waals surface area contributed by atoms with Gasteiger partial charge in [-0.15, -0.1) is 0 Å². The summed E-state index contributed by atoms with van der Waals surface area (Å²) in [5.41, 5.74) is -1.07. The molecule has 0 spiro atoms. The molecule has 0 saturated carbocycles. The van der Waals surface area contributed by atoms with Crippen LogP contribution in [0.15, 0.2) is 23.1 Å². The number of nitrogens with one attached hydrogen (secondary N) is 1. The molecule has 0 radical (unpaired) electrons. The van der Waals surface area contributed by atoms with Crippen LogP contribution in [-0.4, -0.2) is 33.6 Å². The van der Waals surface area contributed by atoms with Gasteiger partial charge in [-0.1, -0.05) is 6.07 Å². The number of methoxy groups -OCH3 is 1. The van der Waals surface area contributed by atoms with Gasteiger partial charge >= 0.3 is 5.69 Å². The molecule has 0 aliphatic rings. The summed E-state index contributed by atoms with van der Waals surface area (Å²) in [6.45, 7) is 0.0366. The molecule has 1 aromatic carbocycles. The SMILES string of the molecule is COCCNS(=O)(=O)c1cccc(F)c1[N+](=O)[O-]. The normalized spacial score (nSPS) is 11.4. The predicted octanol–water partition coefficient (Wildman–Crippen LogP) is 0.659. The van der Waals surface area contributed by atoms with Gasteiger partial charge in [-0.2, -0.15) is 4.39 Å². The van der Waals surface area contributed by atoms with Crippen molar-refractivity contribution in [2.45, 2.75) is 4.90 Å². The number of para-hydroxylation sites is 1. The highest BCUT2D eigenvalue weighted by Gasteiger charge is 2.28. The van der Waals surface area contributed by atoms with Crippen LogP contribution in [0.1, 0.15) is 0 Å². The number of halogens is 1. The van der Waals surface area contributed by atoms with Gasteiger partial charge in [0.2, 0.25) is 15.8 Å². The quantitative estimate of drug-likeness (QED) is 0.468. The Bertz CT molecular complexity index is 546. The topological polar surface area (TPSA) is 98.5 Å². The van der Waals surface area contributed by atoms with Gasteiger partial charge in [0.1, 0.15) is 0 Å². The Morgan fingerprint density at radius 2 is 2.17 bits per heavy atom. The van der Waals surface area contributed by atoms with Gasteiger partial charge < -0.3 is 4.74 Å². The van der Waals surface area contributed by atoms with E-state index < -0.39 is 31.3 Å². The number of sulfonamides is 1. The van der Waals surface area contributed by atoms with Gasteiger partial charge in [-0.25, -0.2) is 13.1 Å². The molecule has 1 N–H and O–H groups in total. The zero-order chi connectivity index (χ0) is 13.8. The van der Waals surface area contributed by atoms with Crippen LogP contribution in [0.3, 0.4) is 0 Å². The van der Waals surface area contributed by atoms with E-state index in [-0.39, 0.29) is 13.2 Å². The lowest BCUT2D eigenvalue weighted by Crippen LogP contribution is -2.28. The van der Waals surface area contributed by atoms with Crippen molar-refractivity contribution in [3.63, 3.8) is 0 Å². The summed E-state index contributed by atoms with van der Waals surface area (Å²) in [5, 5.41) is 10.7. The van der Waals surface area contributed by atoms with Gasteiger partial charge in [-0.3, -0.25) is 10.1 Å². The number of nitrogens with zero attached hydrogens (tertiary/aromatic N) is 1. The molecule has 0 aliphatic carbocycles. The summed E-state index contributed by atoms with van der Waals surface area (Å²) in [7, 11) is -2.77. The van der Waals surface area contributed by atoms with Gasteiger partial charge in [0, 0.05) is 13.7 Å². The van der Waals surface area contributed by atoms with E-state index in [1.807, 2.05) is 0 Å². The molecule has 0 heterocycles. The summed E-state index contributed by atoms with van der Waals surface area (Å²) in [6.07, 6.45) is 0. The van der Waals surface area contributed by atoms with E-state index in [0.29, 0.717) is 0 Å². The van der Waals surface area contributed by atoms with Crippen LogP contribution in [0.5, 0.6) is 0 Å². The van der Waals surface area contributed by atoms with E-state index in [4.69, 9.17) is 0 Å². The molecule has 1 rings (SSSR count). The second-order valence-electron chi connectivity index (χ2n) is 3.23. The van der Waals surface area contributed by atoms with Gasteiger partial charge in [0.05, 0.1) is 11.5 Å². The zero-order valence-electron chi connectivity index (χ0n) is 9.42. The van der Waals surface area contributed by atoms with E-state index >= 15 is 0 Å². The van der Waals surface area contributed by atoms with Gasteiger partial charge in [0.25, 0.3) is 0 Å². The third-order valence-corrected chi connectivity index (χ3v) is 3.51. The Labute approximate surface area is 103 Å². The summed E-state index contributed by atoms with van der Waals surface area (Å²) in [5.74, 6) is -1.20. The maximum absolute atomic E-state index is 13.3. The monoisotopic (exact) mass is 278 g/mol. The molecule has 0 unspecified atom stereocenters. The summed E-state index contributed by atoms with van der Waals surface area (Å²) in [4.78, 5) is 8.89. The number of ether oxygens (including phenoxy) is 1. The lowest BCUT2D eigenvalue weighted by Gasteiger charge is -2.06. The first kappa shape index (κ1) is 14.5. The number of rotatable bonds is 6. The van der Waals surface area contributed by atoms with Crippen LogP contribution in [-0.2, 0) is 14.8 Å². The van der Waals surface area contributed by atoms with Crippen molar-refractivity contribution in [2.75, 3.05) is 20.3 Å². The molecule has 0 amide bonds. The number of nitro groups is 1. The lowest BCUT2D eigenvalue weighted by atomic mass is 10.3. The minimum Gasteiger partial charge on any atom is -0.383 e. The minimum atomic E-state index is -4.14. The third-order valence-electron chi connectivity index (χ3n) is 2.02. The average Bonchev–Trinajstić information content (AvgIpc) is 2.28. The van der Waals surface area contributed by atoms with Crippen LogP contribution in [0, 0.1) is 15.9 Å². The number of nitro benzene ring substituents is 1. The Balaban J connectivity index is 3.16. The molecule has 0 aliphatic heterocycles. The van der Waals surface area contributed by atoms with Crippen molar-refractivity contribution < 1.29 is 22.5 Å². The molecule has 0 atom stereocenters. The van der Waals surface area contributed by atoms with Crippen molar-refractivity contribution in [1.29, 1.82) is 0 Å². The predicted molar refractivity (Wildman–Crippen MR) is 60.1 cm³/mol. The number of benzene rings is 1. The Morgan fingerprint density at radius 1 is 1.50 bits per heavy atom. The first-order valence-corrected chi connectivity index (χ1v) is 6.30. The van der Waals surface area contributed by atoms with E-state index in [0.717, 1.165) is 18.2 Å². The molecule has 18 heavy (non-hydrogen) atoms. The van der Waals surface area contributed by atoms with Crippen LogP contribution in [0.2, 0.25) is 0 Å². The Kier molecular flexibility index (Phi) is 4.70. The maximum Gasteiger partial charge on any atom is 0.324 e. The summed E-state index contributed by atoms with van der Waals surface area (Å²) in [6, 6.07) is 2.88. The fourth-order valence-corrected chi connectivity index (χ4v) is 2.44. The smallest absolute Gasteiger partial charge is 0.324 e. The highest BCUT2D eigenvalue weighted by molar-refractivity contribution is 7.89. The first-order chi connectivity index (χ1) is 8.40. The Hall–Kier alpha value is -1.58. The maximum atomic E-state index is 13.3. The molecular formula is C9H11FN2O5S. The molecule has 0 fully saturated rings. The average molecular weight is 278 g/mol. The number of hydrogen-bond acceptors (Lipinski definition) is 5. The van der Waals surface area contributed by atoms with E-state index in [1.165, 1.54) is 7.11 Å². The van der Waals surface area contributed by atoms with Crippen molar-refractivity contribution in [3.8, 4) is 0 Å². The largest absolute Gasteiger partial charge is 0.383 e. The van der Waals surface area contributed by atoms with E-state index in [2.05, 4.69) is 9.46 Å². The molecule has 100 valence electrons. The summed E-state index contributed by atoms with van der Waals surface area (Å²) < 4.78 is 43.5. The van der Waals surface area contributed by atoms with Crippen molar-refractivity contribution in [2.24, 2.45) is 0 Å². The molecule has 0 saturated heterocycles. The highest BCUT2D eigenvalue weighted by atomic mass is 32.2. The van der Waals surface area contributed by atoms with Crippen molar-refractivity contribution >= 4 is 15.7 Å². The highest BCUT2D eigenvalue weighted by Crippen LogP contribution is 2.26. The second-order valence-corrected chi connectivity index (χ2v) is 4.97. The molecule has 7 nitrogen and oxygen atoms in total. The van der Waals surface area contributed by atoms with Crippen LogP contribution < -0.4 is 4.72 Å². The number of hydrogen-bond donors (Lipinski definition) is 1. The van der Waals surface area contributed by atoms with Crippen molar-refractivity contribution in [1.82, 2.24) is 4.72 Å². The lowest BCUT2D eigenvalue weighted by molar-refractivity contribution is -0.390. The van der Waals surface area contributed by atoms with E-state index in [9.17, 15) is 22.9 Å².